The molecule has 9 atom stereocenters. The van der Waals surface area contributed by atoms with Gasteiger partial charge in [0, 0.05) is 25.9 Å². The number of primary amides is 1. The molecule has 27 nitrogen and oxygen atoms in total. The van der Waals surface area contributed by atoms with E-state index in [1.807, 2.05) is 13.8 Å². The van der Waals surface area contributed by atoms with Crippen molar-refractivity contribution in [3.05, 3.63) is 29.8 Å². The number of nitrogens with zero attached hydrogens (tertiary/aromatic N) is 2. The second kappa shape index (κ2) is 30.8. The first-order valence-corrected chi connectivity index (χ1v) is 25.9. The lowest BCUT2D eigenvalue weighted by atomic mass is 9.99. The molecule has 27 heteroatoms. The highest BCUT2D eigenvalue weighted by Crippen LogP contribution is 2.21. The van der Waals surface area contributed by atoms with E-state index in [1.54, 1.807) is 27.7 Å². The number of amides is 11. The Bertz CT molecular complexity index is 2290. The molecule has 17 N–H and O–H groups in total. The Hall–Kier alpha value is -7.58. The van der Waals surface area contributed by atoms with Gasteiger partial charge in [-0.2, -0.15) is 0 Å². The number of phenolic OH excluding ortho intramolecular Hbond substituents is 1. The summed E-state index contributed by atoms with van der Waals surface area (Å²) >= 11 is 0. The highest BCUT2D eigenvalue weighted by molar-refractivity contribution is 5.99. The molecule has 2 fully saturated rings. The van der Waals surface area contributed by atoms with Crippen molar-refractivity contribution in [3.63, 3.8) is 0 Å². The molecule has 0 spiro atoms. The number of hydrogen-bond acceptors (Lipinski definition) is 14. The Balaban J connectivity index is 1.80. The van der Waals surface area contributed by atoms with Crippen LogP contribution in [0, 0.1) is 17.8 Å². The zero-order valence-corrected chi connectivity index (χ0v) is 44.9. The molecule has 0 aliphatic carbocycles. The number of carbonyl (C=O) groups excluding carboxylic acids is 11. The number of aliphatic imine (C=N–C) groups is 1. The van der Waals surface area contributed by atoms with Gasteiger partial charge < -0.3 is 80.2 Å². The fraction of sp³-hybridized carbons (Fsp3) is 0.640. The van der Waals surface area contributed by atoms with Gasteiger partial charge >= 0.3 is 0 Å². The largest absolute Gasteiger partial charge is 0.508 e. The third-order valence-corrected chi connectivity index (χ3v) is 12.7. The van der Waals surface area contributed by atoms with Crippen molar-refractivity contribution in [2.45, 2.75) is 161 Å². The van der Waals surface area contributed by atoms with Crippen molar-refractivity contribution in [1.82, 2.24) is 52.8 Å². The monoisotopic (exact) mass is 1080 g/mol. The summed E-state index contributed by atoms with van der Waals surface area (Å²) in [5.74, 6) is -9.08. The molecule has 1 aromatic carbocycles. The van der Waals surface area contributed by atoms with Crippen molar-refractivity contribution in [1.29, 1.82) is 0 Å². The van der Waals surface area contributed by atoms with Crippen molar-refractivity contribution in [2.24, 2.45) is 39.9 Å². The second-order valence-corrected chi connectivity index (χ2v) is 20.6. The van der Waals surface area contributed by atoms with Crippen LogP contribution in [0.2, 0.25) is 0 Å². The molecule has 77 heavy (non-hydrogen) atoms. The van der Waals surface area contributed by atoms with Gasteiger partial charge in [0.1, 0.15) is 60.1 Å². The summed E-state index contributed by atoms with van der Waals surface area (Å²) in [7, 11) is 0. The summed E-state index contributed by atoms with van der Waals surface area (Å²) in [6.07, 6.45) is 1.42. The number of rotatable bonds is 30. The molecule has 0 radical (unpaired) electrons. The van der Waals surface area contributed by atoms with E-state index < -0.39 is 133 Å². The summed E-state index contributed by atoms with van der Waals surface area (Å²) < 4.78 is 0. The topological polar surface area (TPSA) is 430 Å². The summed E-state index contributed by atoms with van der Waals surface area (Å²) in [6.45, 7) is 10.7. The third kappa shape index (κ3) is 21.2. The Morgan fingerprint density at radius 2 is 1.25 bits per heavy atom. The number of hydrogen-bond donors (Lipinski definition) is 14. The van der Waals surface area contributed by atoms with E-state index in [0.29, 0.717) is 12.0 Å². The SMILES string of the molecule is CC(C)C[C@H](NC(=O)[C@@H]1CCC(=O)N1)C(=O)N[C@H](C(=O)N[C@@H](CO)C(=O)N[C@@H](Cc1ccc(O)cc1)C(=O)N[C@H](C)C(=O)N[C@@H](CC(C)C)C(=O)N[C@@H](CCCN=C(N)N)C(=O)N1CCC[C@H]1C(=O)NCC(N)=O)C(C)C. The number of likely N-dealkylation sites (tertiary alicyclic amines) is 1. The van der Waals surface area contributed by atoms with E-state index in [1.165, 1.54) is 36.1 Å². The average molecular weight is 1090 g/mol. The second-order valence-electron chi connectivity index (χ2n) is 20.6. The van der Waals surface area contributed by atoms with E-state index in [-0.39, 0.29) is 93.9 Å². The number of benzene rings is 1. The average Bonchev–Trinajstić information content (AvgIpc) is 4.04. The highest BCUT2D eigenvalue weighted by atomic mass is 16.3. The minimum Gasteiger partial charge on any atom is -0.508 e. The van der Waals surface area contributed by atoms with Gasteiger partial charge in [-0.1, -0.05) is 53.7 Å². The predicted octanol–water partition coefficient (Wildman–Crippen LogP) is -3.99. The van der Waals surface area contributed by atoms with Crippen LogP contribution in [0.1, 0.15) is 105 Å². The summed E-state index contributed by atoms with van der Waals surface area (Å²) in [5.41, 5.74) is 16.6. The highest BCUT2D eigenvalue weighted by Gasteiger charge is 2.40. The van der Waals surface area contributed by atoms with Gasteiger partial charge in [-0.3, -0.25) is 57.7 Å². The van der Waals surface area contributed by atoms with E-state index in [9.17, 15) is 63.0 Å². The molecular formula is C50H80N14O13. The number of nitrogens with one attached hydrogen (secondary N) is 9. The maximum Gasteiger partial charge on any atom is 0.245 e. The Morgan fingerprint density at radius 1 is 0.688 bits per heavy atom. The summed E-state index contributed by atoms with van der Waals surface area (Å²) in [4.78, 5) is 152. The van der Waals surface area contributed by atoms with Crippen LogP contribution in [0.15, 0.2) is 29.3 Å². The molecule has 0 unspecified atom stereocenters. The van der Waals surface area contributed by atoms with Crippen LogP contribution in [0.5, 0.6) is 5.75 Å². The van der Waals surface area contributed by atoms with Crippen molar-refractivity contribution < 1.29 is 63.0 Å². The Morgan fingerprint density at radius 3 is 1.81 bits per heavy atom. The number of nitrogens with two attached hydrogens (primary N) is 3. The number of aromatic hydroxyl groups is 1. The molecular weight excluding hydrogens is 1000 g/mol. The van der Waals surface area contributed by atoms with Gasteiger partial charge in [-0.05, 0) is 87.3 Å². The van der Waals surface area contributed by atoms with Crippen molar-refractivity contribution >= 4 is 70.9 Å². The number of phenols is 1. The zero-order valence-electron chi connectivity index (χ0n) is 44.9. The maximum atomic E-state index is 14.1. The molecule has 2 heterocycles. The van der Waals surface area contributed by atoms with Crippen molar-refractivity contribution in [2.75, 3.05) is 26.2 Å². The van der Waals surface area contributed by atoms with E-state index in [2.05, 4.69) is 52.8 Å². The van der Waals surface area contributed by atoms with Gasteiger partial charge in [0.15, 0.2) is 5.96 Å². The molecule has 2 saturated heterocycles. The minimum absolute atomic E-state index is 0.0238. The fourth-order valence-corrected chi connectivity index (χ4v) is 8.59. The first-order valence-electron chi connectivity index (χ1n) is 25.9. The van der Waals surface area contributed by atoms with Crippen molar-refractivity contribution in [3.8, 4) is 5.75 Å². The lowest BCUT2D eigenvalue weighted by Crippen LogP contribution is -2.61. The van der Waals surface area contributed by atoms with Crippen LogP contribution in [0.3, 0.4) is 0 Å². The molecule has 2 aliphatic rings. The number of aliphatic hydroxyl groups excluding tert-OH is 1. The lowest BCUT2D eigenvalue weighted by Gasteiger charge is -2.30. The fourth-order valence-electron chi connectivity index (χ4n) is 8.59. The zero-order chi connectivity index (χ0) is 57.7. The van der Waals surface area contributed by atoms with Gasteiger partial charge in [-0.25, -0.2) is 0 Å². The van der Waals surface area contributed by atoms with Crippen LogP contribution in [0.4, 0.5) is 0 Å². The first-order chi connectivity index (χ1) is 36.2. The molecule has 3 rings (SSSR count). The quantitative estimate of drug-likeness (QED) is 0.0199. The first kappa shape index (κ1) is 63.7. The molecule has 0 bridgehead atoms. The van der Waals surface area contributed by atoms with Crippen LogP contribution in [-0.4, -0.2) is 167 Å². The lowest BCUT2D eigenvalue weighted by molar-refractivity contribution is -0.142. The number of carbonyl (C=O) groups is 11. The van der Waals surface area contributed by atoms with Gasteiger partial charge in [-0.15, -0.1) is 0 Å². The molecule has 11 amide bonds. The number of guanidine groups is 1. The van der Waals surface area contributed by atoms with E-state index in [0.717, 1.165) is 0 Å². The molecule has 1 aromatic rings. The molecule has 0 aromatic heterocycles. The maximum absolute atomic E-state index is 14.1. The molecule has 2 aliphatic heterocycles. The smallest absolute Gasteiger partial charge is 0.245 e. The standard InChI is InChI=1S/C50H80N14O13/c1-25(2)20-33(44(72)58-32(10-8-18-54-50(52)53)49(77)64-19-9-11-37(64)47(75)55-23-38(51)67)59-41(69)28(7)56-43(71)35(22-29-12-14-30(66)15-13-29)61-46(74)36(24-65)62-48(76)40(27(5)6)63-45(73)34(21-26(3)4)60-42(70)31-16-17-39(68)57-31/h12-15,25-28,31-37,40,65-66H,8-11,16-24H2,1-7H3,(H2,51,67)(H,55,75)(H,56,71)(H,57,68)(H,58,72)(H,59,69)(H,60,70)(H,61,74)(H,62,76)(H,63,73)(H4,52,53,54)/t28-,31+,32+,33+,34+,35+,36+,37+,40+/m1/s1. The Kier molecular flexibility index (Phi) is 25.5. The van der Waals surface area contributed by atoms with Crippen LogP contribution in [0.25, 0.3) is 0 Å². The van der Waals surface area contributed by atoms with Gasteiger partial charge in [0.25, 0.3) is 0 Å². The predicted molar refractivity (Wildman–Crippen MR) is 280 cm³/mol. The Labute approximate surface area is 447 Å². The third-order valence-electron chi connectivity index (χ3n) is 12.7. The van der Waals surface area contributed by atoms with Gasteiger partial charge in [0.2, 0.25) is 65.0 Å². The number of aliphatic hydroxyl groups is 1. The summed E-state index contributed by atoms with van der Waals surface area (Å²) in [6, 6.07) is -5.50. The molecule has 428 valence electrons. The summed E-state index contributed by atoms with van der Waals surface area (Å²) in [5, 5.41) is 43.4. The van der Waals surface area contributed by atoms with E-state index in [4.69, 9.17) is 17.2 Å². The minimum atomic E-state index is -1.68. The van der Waals surface area contributed by atoms with Crippen LogP contribution < -0.4 is 65.1 Å². The van der Waals surface area contributed by atoms with Gasteiger partial charge in [0.05, 0.1) is 13.2 Å². The van der Waals surface area contributed by atoms with E-state index >= 15 is 0 Å². The molecule has 0 saturated carbocycles. The van der Waals surface area contributed by atoms with Crippen LogP contribution in [-0.2, 0) is 59.2 Å². The normalized spacial score (nSPS) is 17.8. The van der Waals surface area contributed by atoms with Crippen LogP contribution >= 0.6 is 0 Å².